The molecule has 0 spiro atoms. The molecule has 0 saturated carbocycles. The SMILES string of the molecule is COCCCNC(=O)c1ccnc(C(=O)NCCc2ccccc2)c1. The van der Waals surface area contributed by atoms with E-state index < -0.39 is 0 Å². The molecule has 0 saturated heterocycles. The van der Waals surface area contributed by atoms with Crippen molar-refractivity contribution in [2.24, 2.45) is 0 Å². The van der Waals surface area contributed by atoms with Crippen LogP contribution in [0.5, 0.6) is 0 Å². The molecule has 1 heterocycles. The second-order valence-electron chi connectivity index (χ2n) is 5.52. The first-order valence-corrected chi connectivity index (χ1v) is 8.26. The molecule has 2 amide bonds. The van der Waals surface area contributed by atoms with Crippen LogP contribution in [0.15, 0.2) is 48.7 Å². The third kappa shape index (κ3) is 6.35. The average molecular weight is 341 g/mol. The summed E-state index contributed by atoms with van der Waals surface area (Å²) in [6, 6.07) is 13.0. The fraction of sp³-hybridized carbons (Fsp3) is 0.316. The standard InChI is InChI=1S/C19H23N3O3/c1-25-13-5-10-21-18(23)16-9-12-20-17(14-16)19(24)22-11-8-15-6-3-2-4-7-15/h2-4,6-7,9,12,14H,5,8,10-11,13H2,1H3,(H,21,23)(H,22,24). The number of carbonyl (C=O) groups excluding carboxylic acids is 2. The van der Waals surface area contributed by atoms with E-state index in [1.54, 1.807) is 13.2 Å². The largest absolute Gasteiger partial charge is 0.385 e. The molecular weight excluding hydrogens is 318 g/mol. The fourth-order valence-electron chi connectivity index (χ4n) is 2.27. The van der Waals surface area contributed by atoms with Crippen molar-refractivity contribution in [2.45, 2.75) is 12.8 Å². The lowest BCUT2D eigenvalue weighted by Gasteiger charge is -2.07. The van der Waals surface area contributed by atoms with Gasteiger partial charge in [0.15, 0.2) is 0 Å². The van der Waals surface area contributed by atoms with Gasteiger partial charge < -0.3 is 15.4 Å². The third-order valence-electron chi connectivity index (χ3n) is 3.61. The number of nitrogens with zero attached hydrogens (tertiary/aromatic N) is 1. The predicted octanol–water partition coefficient (Wildman–Crippen LogP) is 1.82. The molecule has 132 valence electrons. The molecule has 1 aromatic carbocycles. The molecule has 2 aromatic rings. The number of rotatable bonds is 9. The number of carbonyl (C=O) groups is 2. The lowest BCUT2D eigenvalue weighted by Crippen LogP contribution is -2.28. The number of nitrogens with one attached hydrogen (secondary N) is 2. The van der Waals surface area contributed by atoms with Gasteiger partial charge in [-0.1, -0.05) is 30.3 Å². The van der Waals surface area contributed by atoms with Gasteiger partial charge in [-0.05, 0) is 30.5 Å². The molecule has 0 atom stereocenters. The minimum atomic E-state index is -0.287. The highest BCUT2D eigenvalue weighted by atomic mass is 16.5. The molecule has 0 aliphatic heterocycles. The Labute approximate surface area is 147 Å². The van der Waals surface area contributed by atoms with Gasteiger partial charge in [-0.2, -0.15) is 0 Å². The molecule has 0 fully saturated rings. The first-order valence-electron chi connectivity index (χ1n) is 8.26. The van der Waals surface area contributed by atoms with Crippen LogP contribution in [0.3, 0.4) is 0 Å². The van der Waals surface area contributed by atoms with Gasteiger partial charge in [0.05, 0.1) is 0 Å². The third-order valence-corrected chi connectivity index (χ3v) is 3.61. The van der Waals surface area contributed by atoms with Crippen LogP contribution < -0.4 is 10.6 Å². The van der Waals surface area contributed by atoms with Crippen molar-refractivity contribution in [3.8, 4) is 0 Å². The lowest BCUT2D eigenvalue weighted by molar-refractivity contribution is 0.0948. The van der Waals surface area contributed by atoms with Crippen molar-refractivity contribution >= 4 is 11.8 Å². The molecule has 2 rings (SSSR count). The zero-order valence-electron chi connectivity index (χ0n) is 14.3. The predicted molar refractivity (Wildman–Crippen MR) is 95.5 cm³/mol. The van der Waals surface area contributed by atoms with Gasteiger partial charge in [0.1, 0.15) is 5.69 Å². The molecule has 0 bridgehead atoms. The van der Waals surface area contributed by atoms with E-state index in [4.69, 9.17) is 4.74 Å². The van der Waals surface area contributed by atoms with Crippen LogP contribution in [-0.2, 0) is 11.2 Å². The Morgan fingerprint density at radius 3 is 2.56 bits per heavy atom. The second kappa shape index (κ2) is 10.2. The van der Waals surface area contributed by atoms with E-state index in [-0.39, 0.29) is 17.5 Å². The molecule has 0 aliphatic carbocycles. The quantitative estimate of drug-likeness (QED) is 0.682. The summed E-state index contributed by atoms with van der Waals surface area (Å²) in [6.07, 6.45) is 2.95. The minimum Gasteiger partial charge on any atom is -0.385 e. The smallest absolute Gasteiger partial charge is 0.269 e. The second-order valence-corrected chi connectivity index (χ2v) is 5.52. The van der Waals surface area contributed by atoms with Crippen molar-refractivity contribution in [3.05, 3.63) is 65.5 Å². The Bertz CT molecular complexity index is 689. The summed E-state index contributed by atoms with van der Waals surface area (Å²) in [7, 11) is 1.62. The Kier molecular flexibility index (Phi) is 7.59. The van der Waals surface area contributed by atoms with E-state index in [1.165, 1.54) is 12.3 Å². The van der Waals surface area contributed by atoms with Gasteiger partial charge >= 0.3 is 0 Å². The summed E-state index contributed by atoms with van der Waals surface area (Å²) in [4.78, 5) is 28.3. The number of ether oxygens (including phenoxy) is 1. The normalized spacial score (nSPS) is 10.3. The summed E-state index contributed by atoms with van der Waals surface area (Å²) in [5.41, 5.74) is 1.80. The molecule has 1 aromatic heterocycles. The highest BCUT2D eigenvalue weighted by molar-refractivity contribution is 5.98. The summed E-state index contributed by atoms with van der Waals surface area (Å²) in [6.45, 7) is 1.62. The number of hydrogen-bond donors (Lipinski definition) is 2. The van der Waals surface area contributed by atoms with Gasteiger partial charge in [0.2, 0.25) is 0 Å². The van der Waals surface area contributed by atoms with Crippen LogP contribution in [0.1, 0.15) is 32.8 Å². The molecule has 6 nitrogen and oxygen atoms in total. The van der Waals surface area contributed by atoms with Crippen molar-refractivity contribution < 1.29 is 14.3 Å². The van der Waals surface area contributed by atoms with Crippen molar-refractivity contribution in [2.75, 3.05) is 26.8 Å². The average Bonchev–Trinajstić information content (AvgIpc) is 2.66. The van der Waals surface area contributed by atoms with Crippen molar-refractivity contribution in [1.82, 2.24) is 15.6 Å². The van der Waals surface area contributed by atoms with Crippen LogP contribution in [0.2, 0.25) is 0 Å². The maximum absolute atomic E-state index is 12.2. The summed E-state index contributed by atoms with van der Waals surface area (Å²) >= 11 is 0. The molecule has 0 radical (unpaired) electrons. The molecule has 0 unspecified atom stereocenters. The van der Waals surface area contributed by atoms with Crippen LogP contribution in [-0.4, -0.2) is 43.6 Å². The zero-order chi connectivity index (χ0) is 17.9. The topological polar surface area (TPSA) is 80.3 Å². The van der Waals surface area contributed by atoms with Crippen LogP contribution in [0.25, 0.3) is 0 Å². The monoisotopic (exact) mass is 341 g/mol. The molecular formula is C19H23N3O3. The van der Waals surface area contributed by atoms with Gasteiger partial charge in [-0.25, -0.2) is 0 Å². The molecule has 6 heteroatoms. The number of hydrogen-bond acceptors (Lipinski definition) is 4. The Morgan fingerprint density at radius 2 is 1.80 bits per heavy atom. The number of amides is 2. The first kappa shape index (κ1) is 18.6. The Balaban J connectivity index is 1.84. The van der Waals surface area contributed by atoms with E-state index in [1.807, 2.05) is 30.3 Å². The van der Waals surface area contributed by atoms with E-state index in [0.717, 1.165) is 18.4 Å². The zero-order valence-corrected chi connectivity index (χ0v) is 14.3. The van der Waals surface area contributed by atoms with Crippen LogP contribution in [0.4, 0.5) is 0 Å². The fourth-order valence-corrected chi connectivity index (χ4v) is 2.27. The van der Waals surface area contributed by atoms with E-state index in [9.17, 15) is 9.59 Å². The summed E-state index contributed by atoms with van der Waals surface area (Å²) in [5, 5.41) is 5.61. The summed E-state index contributed by atoms with van der Waals surface area (Å²) in [5.74, 6) is -0.512. The van der Waals surface area contributed by atoms with Crippen molar-refractivity contribution in [1.29, 1.82) is 0 Å². The minimum absolute atomic E-state index is 0.225. The van der Waals surface area contributed by atoms with E-state index in [0.29, 0.717) is 25.3 Å². The highest BCUT2D eigenvalue weighted by Gasteiger charge is 2.11. The van der Waals surface area contributed by atoms with Crippen molar-refractivity contribution in [3.63, 3.8) is 0 Å². The van der Waals surface area contributed by atoms with Crippen LogP contribution in [0, 0.1) is 0 Å². The highest BCUT2D eigenvalue weighted by Crippen LogP contribution is 2.03. The molecule has 25 heavy (non-hydrogen) atoms. The van der Waals surface area contributed by atoms with Crippen LogP contribution >= 0.6 is 0 Å². The molecule has 0 aliphatic rings. The first-order chi connectivity index (χ1) is 12.2. The van der Waals surface area contributed by atoms with E-state index >= 15 is 0 Å². The number of benzene rings is 1. The Hall–Kier alpha value is -2.73. The summed E-state index contributed by atoms with van der Waals surface area (Å²) < 4.78 is 4.94. The van der Waals surface area contributed by atoms with Gasteiger partial charge in [0, 0.05) is 38.6 Å². The molecule has 2 N–H and O–H groups in total. The maximum atomic E-state index is 12.2. The van der Waals surface area contributed by atoms with Gasteiger partial charge in [-0.3, -0.25) is 14.6 Å². The number of methoxy groups -OCH3 is 1. The Morgan fingerprint density at radius 1 is 1.04 bits per heavy atom. The van der Waals surface area contributed by atoms with Gasteiger partial charge in [-0.15, -0.1) is 0 Å². The number of aromatic nitrogens is 1. The van der Waals surface area contributed by atoms with Gasteiger partial charge in [0.25, 0.3) is 11.8 Å². The van der Waals surface area contributed by atoms with E-state index in [2.05, 4.69) is 15.6 Å². The lowest BCUT2D eigenvalue weighted by atomic mass is 10.1. The number of pyridine rings is 1. The maximum Gasteiger partial charge on any atom is 0.269 e.